The predicted octanol–water partition coefficient (Wildman–Crippen LogP) is 5.41. The molecule has 162 valence electrons. The van der Waals surface area contributed by atoms with Gasteiger partial charge in [0.25, 0.3) is 0 Å². The largest absolute Gasteiger partial charge is 0.497 e. The zero-order valence-corrected chi connectivity index (χ0v) is 17.3. The smallest absolute Gasteiger partial charge is 0.422 e. The molecule has 0 bridgehead atoms. The summed E-state index contributed by atoms with van der Waals surface area (Å²) in [5.74, 6) is 0.355. The summed E-state index contributed by atoms with van der Waals surface area (Å²) in [6, 6.07) is 14.4. The van der Waals surface area contributed by atoms with Crippen LogP contribution in [0.25, 0.3) is 0 Å². The van der Waals surface area contributed by atoms with Gasteiger partial charge in [-0.3, -0.25) is 4.90 Å². The number of nitrogens with zero attached hydrogens (tertiary/aromatic N) is 3. The number of allylic oxidation sites excluding steroid dienone is 3. The van der Waals surface area contributed by atoms with Crippen LogP contribution in [0.5, 0.6) is 5.75 Å². The lowest BCUT2D eigenvalue weighted by Crippen LogP contribution is -2.50. The molecule has 0 saturated heterocycles. The summed E-state index contributed by atoms with van der Waals surface area (Å²) in [6.07, 6.45) is 1.42. The van der Waals surface area contributed by atoms with Gasteiger partial charge in [-0.25, -0.2) is 4.99 Å². The Balaban J connectivity index is 1.96. The Morgan fingerprint density at radius 1 is 1.06 bits per heavy atom. The van der Waals surface area contributed by atoms with Crippen molar-refractivity contribution in [2.75, 3.05) is 12.4 Å². The van der Waals surface area contributed by atoms with Crippen molar-refractivity contribution in [2.45, 2.75) is 18.6 Å². The molecule has 2 heterocycles. The van der Waals surface area contributed by atoms with E-state index in [1.165, 1.54) is 42.4 Å². The molecule has 0 spiro atoms. The van der Waals surface area contributed by atoms with Crippen LogP contribution in [0.4, 0.5) is 18.9 Å². The van der Waals surface area contributed by atoms with Gasteiger partial charge in [0.1, 0.15) is 11.8 Å². The summed E-state index contributed by atoms with van der Waals surface area (Å²) in [7, 11) is 1.43. The second kappa shape index (κ2) is 7.93. The number of fused-ring (bicyclic) bond motifs is 1. The molecule has 0 radical (unpaired) electrons. The monoisotopic (exact) mass is 436 g/mol. The molecular weight excluding hydrogens is 417 g/mol. The number of nitrogens with one attached hydrogen (secondary N) is 1. The van der Waals surface area contributed by atoms with E-state index in [1.807, 2.05) is 19.1 Å². The van der Waals surface area contributed by atoms with E-state index in [1.54, 1.807) is 36.6 Å². The van der Waals surface area contributed by atoms with E-state index in [4.69, 9.17) is 4.74 Å². The van der Waals surface area contributed by atoms with Crippen molar-refractivity contribution >= 4 is 11.6 Å². The molecule has 4 rings (SSSR count). The molecule has 8 heteroatoms. The number of hydrogen-bond acceptors (Lipinski definition) is 5. The van der Waals surface area contributed by atoms with Gasteiger partial charge in [-0.2, -0.15) is 18.4 Å². The highest BCUT2D eigenvalue weighted by molar-refractivity contribution is 5.98. The summed E-state index contributed by atoms with van der Waals surface area (Å²) < 4.78 is 49.5. The number of ether oxygens (including phenoxy) is 1. The normalized spacial score (nSPS) is 19.9. The van der Waals surface area contributed by atoms with Crippen molar-refractivity contribution in [2.24, 2.45) is 4.99 Å². The molecule has 2 aromatic carbocycles. The molecule has 1 N–H and O–H groups in total. The van der Waals surface area contributed by atoms with E-state index in [-0.39, 0.29) is 17.2 Å². The summed E-state index contributed by atoms with van der Waals surface area (Å²) >= 11 is 0. The number of halogens is 3. The van der Waals surface area contributed by atoms with Crippen LogP contribution in [0.2, 0.25) is 0 Å². The first-order valence-electron chi connectivity index (χ1n) is 9.74. The summed E-state index contributed by atoms with van der Waals surface area (Å²) in [5.41, 5.74) is -1.89. The van der Waals surface area contributed by atoms with Crippen molar-refractivity contribution in [3.63, 3.8) is 0 Å². The second-order valence-corrected chi connectivity index (χ2v) is 7.31. The molecule has 5 nitrogen and oxygen atoms in total. The van der Waals surface area contributed by atoms with E-state index < -0.39 is 17.3 Å². The van der Waals surface area contributed by atoms with Gasteiger partial charge in [-0.05, 0) is 48.9 Å². The molecule has 2 aliphatic rings. The molecule has 32 heavy (non-hydrogen) atoms. The van der Waals surface area contributed by atoms with Crippen LogP contribution in [0.1, 0.15) is 11.1 Å². The standard InChI is InChI=1S/C24H19F3N4O/c1-16-6-10-18(11-7-16)29-22-30-23(24(25,26)27,17-8-12-19(32-2)13-9-17)20(15-28)21-5-3-4-14-31(21)22/h3-14H,1-2H3,(H,29,30). The summed E-state index contributed by atoms with van der Waals surface area (Å²) in [6.45, 7) is 1.92. The highest BCUT2D eigenvalue weighted by atomic mass is 19.4. The molecule has 1 unspecified atom stereocenters. The van der Waals surface area contributed by atoms with Crippen molar-refractivity contribution < 1.29 is 17.9 Å². The molecule has 1 atom stereocenters. The van der Waals surface area contributed by atoms with Crippen molar-refractivity contribution in [1.82, 2.24) is 4.90 Å². The maximum Gasteiger partial charge on any atom is 0.422 e. The third-order valence-electron chi connectivity index (χ3n) is 5.32. The maximum atomic E-state index is 14.8. The Morgan fingerprint density at radius 2 is 1.75 bits per heavy atom. The second-order valence-electron chi connectivity index (χ2n) is 7.31. The zero-order chi connectivity index (χ0) is 22.9. The molecule has 0 aromatic heterocycles. The minimum atomic E-state index is -4.89. The Kier molecular flexibility index (Phi) is 5.26. The van der Waals surface area contributed by atoms with Gasteiger partial charge >= 0.3 is 6.18 Å². The van der Waals surface area contributed by atoms with Crippen LogP contribution in [-0.2, 0) is 5.54 Å². The summed E-state index contributed by atoms with van der Waals surface area (Å²) in [5, 5.41) is 12.9. The van der Waals surface area contributed by atoms with Crippen molar-refractivity contribution in [1.29, 1.82) is 5.26 Å². The van der Waals surface area contributed by atoms with Crippen LogP contribution < -0.4 is 10.1 Å². The molecule has 2 aromatic rings. The van der Waals surface area contributed by atoms with Crippen molar-refractivity contribution in [3.8, 4) is 11.8 Å². The molecule has 0 fully saturated rings. The third-order valence-corrected chi connectivity index (χ3v) is 5.32. The highest BCUT2D eigenvalue weighted by Gasteiger charge is 2.62. The van der Waals surface area contributed by atoms with Gasteiger partial charge in [0.2, 0.25) is 11.5 Å². The number of rotatable bonds is 3. The highest BCUT2D eigenvalue weighted by Crippen LogP contribution is 2.51. The number of nitriles is 1. The SMILES string of the molecule is COc1ccc(C2(C(F)(F)F)N=C(Nc3ccc(C)cc3)N3C=CC=CC3=C2C#N)cc1. The van der Waals surface area contributed by atoms with Crippen LogP contribution in [0.15, 0.2) is 89.2 Å². The molecular formula is C24H19F3N4O. The van der Waals surface area contributed by atoms with E-state index in [0.29, 0.717) is 11.4 Å². The molecule has 0 aliphatic carbocycles. The van der Waals surface area contributed by atoms with Gasteiger partial charge in [0.15, 0.2) is 0 Å². The number of anilines is 1. The molecule has 0 amide bonds. The van der Waals surface area contributed by atoms with Crippen LogP contribution in [0, 0.1) is 18.3 Å². The van der Waals surface area contributed by atoms with E-state index in [9.17, 15) is 18.4 Å². The van der Waals surface area contributed by atoms with E-state index in [0.717, 1.165) is 5.56 Å². The first kappa shape index (κ1) is 21.2. The van der Waals surface area contributed by atoms with Gasteiger partial charge in [-0.1, -0.05) is 35.9 Å². The van der Waals surface area contributed by atoms with Gasteiger partial charge < -0.3 is 10.1 Å². The minimum Gasteiger partial charge on any atom is -0.497 e. The Morgan fingerprint density at radius 3 is 2.34 bits per heavy atom. The lowest BCUT2D eigenvalue weighted by atomic mass is 9.80. The average molecular weight is 436 g/mol. The fourth-order valence-electron chi connectivity index (χ4n) is 3.69. The van der Waals surface area contributed by atoms with Crippen molar-refractivity contribution in [3.05, 3.63) is 95.4 Å². The number of alkyl halides is 3. The number of hydrogen-bond donors (Lipinski definition) is 1. The summed E-state index contributed by atoms with van der Waals surface area (Å²) in [4.78, 5) is 5.62. The predicted molar refractivity (Wildman–Crippen MR) is 116 cm³/mol. The fourth-order valence-corrected chi connectivity index (χ4v) is 3.69. The third kappa shape index (κ3) is 3.42. The zero-order valence-electron chi connectivity index (χ0n) is 17.3. The Labute approximate surface area is 183 Å². The first-order chi connectivity index (χ1) is 15.3. The number of aryl methyl sites for hydroxylation is 1. The fraction of sp³-hybridized carbons (Fsp3) is 0.167. The maximum absolute atomic E-state index is 14.8. The van der Waals surface area contributed by atoms with E-state index in [2.05, 4.69) is 10.3 Å². The number of benzene rings is 2. The van der Waals surface area contributed by atoms with Gasteiger partial charge in [-0.15, -0.1) is 0 Å². The van der Waals surface area contributed by atoms with Crippen LogP contribution in [-0.4, -0.2) is 24.1 Å². The number of methoxy groups -OCH3 is 1. The van der Waals surface area contributed by atoms with Gasteiger partial charge in [0, 0.05) is 11.9 Å². The molecule has 0 saturated carbocycles. The van der Waals surface area contributed by atoms with Crippen LogP contribution >= 0.6 is 0 Å². The lowest BCUT2D eigenvalue weighted by Gasteiger charge is -2.41. The first-order valence-corrected chi connectivity index (χ1v) is 9.74. The quantitative estimate of drug-likeness (QED) is 0.699. The molecule has 2 aliphatic heterocycles. The lowest BCUT2D eigenvalue weighted by molar-refractivity contribution is -0.177. The Bertz CT molecular complexity index is 1190. The number of guanidine groups is 1. The number of aliphatic imine (C=N–C) groups is 1. The topological polar surface area (TPSA) is 60.6 Å². The van der Waals surface area contributed by atoms with Gasteiger partial charge in [0.05, 0.1) is 18.4 Å². The minimum absolute atomic E-state index is 0.0448. The van der Waals surface area contributed by atoms with Crippen LogP contribution in [0.3, 0.4) is 0 Å². The van der Waals surface area contributed by atoms with E-state index >= 15 is 0 Å². The Hall–Kier alpha value is -3.99. The average Bonchev–Trinajstić information content (AvgIpc) is 2.79.